The first kappa shape index (κ1) is 49.8. The molecule has 0 spiro atoms. The first-order valence-corrected chi connectivity index (χ1v) is 17.4. The number of rotatable bonds is 22. The smallest absolute Gasteiger partial charge is 0.408 e. The quantitative estimate of drug-likeness (QED) is 0.0817. The molecule has 0 heterocycles. The number of nitrogens with one attached hydrogen (secondary N) is 4. The average Bonchev–Trinajstić information content (AvgIpc) is 2.99. The van der Waals surface area contributed by atoms with Crippen molar-refractivity contribution in [3.8, 4) is 0 Å². The SMILES string of the molecule is C=C(NC(CCCCC)C(=O)N[C@@H](CC(C)C)C(O)CC(C)C(=O)CN[C@H](CO)C(C)C)C(NC(=O)OC(C)(C)C)C(C)C.C=O.CO. The maximum atomic E-state index is 13.7. The zero-order valence-electron chi connectivity index (χ0n) is 32.2. The maximum Gasteiger partial charge on any atom is 0.408 e. The molecule has 2 amide bonds. The van der Waals surface area contributed by atoms with Gasteiger partial charge in [-0.05, 0) is 57.8 Å². The molecule has 0 aliphatic rings. The van der Waals surface area contributed by atoms with Gasteiger partial charge in [0.05, 0.1) is 31.3 Å². The van der Waals surface area contributed by atoms with Gasteiger partial charge in [-0.25, -0.2) is 4.79 Å². The predicted octanol–water partition coefficient (Wildman–Crippen LogP) is 4.11. The zero-order valence-corrected chi connectivity index (χ0v) is 32.2. The fraction of sp³-hybridized carbons (Fsp3) is 0.833. The van der Waals surface area contributed by atoms with Crippen LogP contribution in [0.1, 0.15) is 115 Å². The fourth-order valence-corrected chi connectivity index (χ4v) is 4.95. The van der Waals surface area contributed by atoms with Crippen LogP contribution in [0, 0.1) is 23.7 Å². The Morgan fingerprint density at radius 2 is 1.40 bits per heavy atom. The number of amides is 2. The summed E-state index contributed by atoms with van der Waals surface area (Å²) in [4.78, 5) is 47.1. The molecular formula is C36H72N4O8. The molecule has 0 rings (SSSR count). The lowest BCUT2D eigenvalue weighted by atomic mass is 9.90. The molecular weight excluding hydrogens is 616 g/mol. The third kappa shape index (κ3) is 22.9. The molecule has 0 bridgehead atoms. The highest BCUT2D eigenvalue weighted by atomic mass is 16.6. The van der Waals surface area contributed by atoms with Crippen molar-refractivity contribution in [2.75, 3.05) is 20.3 Å². The number of carbonyl (C=O) groups excluding carboxylic acids is 4. The van der Waals surface area contributed by atoms with Gasteiger partial charge in [0.2, 0.25) is 5.91 Å². The molecule has 12 heteroatoms. The minimum atomic E-state index is -0.921. The molecule has 48 heavy (non-hydrogen) atoms. The van der Waals surface area contributed by atoms with Gasteiger partial charge >= 0.3 is 6.09 Å². The summed E-state index contributed by atoms with van der Waals surface area (Å²) in [6.07, 6.45) is 2.61. The summed E-state index contributed by atoms with van der Waals surface area (Å²) in [5.41, 5.74) is -0.137. The molecule has 12 nitrogen and oxygen atoms in total. The van der Waals surface area contributed by atoms with Crippen LogP contribution in [-0.4, -0.2) is 96.0 Å². The Hall–Kier alpha value is -2.54. The topological polar surface area (TPSA) is 186 Å². The van der Waals surface area contributed by atoms with Crippen LogP contribution in [0.5, 0.6) is 0 Å². The van der Waals surface area contributed by atoms with Gasteiger partial charge in [0, 0.05) is 24.8 Å². The molecule has 7 N–H and O–H groups in total. The van der Waals surface area contributed by atoms with Crippen molar-refractivity contribution in [3.05, 3.63) is 12.3 Å². The molecule has 0 aliphatic carbocycles. The number of carbonyl (C=O) groups is 4. The molecule has 0 aliphatic heterocycles. The third-order valence-corrected chi connectivity index (χ3v) is 7.69. The molecule has 0 saturated heterocycles. The summed E-state index contributed by atoms with van der Waals surface area (Å²) in [6.45, 7) is 27.4. The van der Waals surface area contributed by atoms with Crippen LogP contribution in [0.2, 0.25) is 0 Å². The third-order valence-electron chi connectivity index (χ3n) is 7.69. The number of Topliss-reactive ketones (excluding diaryl/α,β-unsaturated/α-hetero) is 1. The molecule has 0 fully saturated rings. The zero-order chi connectivity index (χ0) is 38.2. The normalized spacial score (nSPS) is 15.0. The molecule has 0 aromatic carbocycles. The number of aliphatic hydroxyl groups excluding tert-OH is 3. The highest BCUT2D eigenvalue weighted by molar-refractivity contribution is 5.83. The summed E-state index contributed by atoms with van der Waals surface area (Å²) in [7, 11) is 1.00. The maximum absolute atomic E-state index is 13.7. The summed E-state index contributed by atoms with van der Waals surface area (Å²) in [5.74, 6) is -0.374. The van der Waals surface area contributed by atoms with E-state index in [2.05, 4.69) is 34.8 Å². The van der Waals surface area contributed by atoms with Gasteiger partial charge < -0.3 is 46.1 Å². The Morgan fingerprint density at radius 1 is 0.833 bits per heavy atom. The summed E-state index contributed by atoms with van der Waals surface area (Å²) in [6, 6.07) is -1.81. The van der Waals surface area contributed by atoms with Crippen LogP contribution < -0.4 is 21.3 Å². The lowest BCUT2D eigenvalue weighted by molar-refractivity contribution is -0.125. The van der Waals surface area contributed by atoms with Crippen molar-refractivity contribution in [1.82, 2.24) is 21.3 Å². The number of aliphatic hydroxyl groups is 3. The average molecular weight is 689 g/mol. The van der Waals surface area contributed by atoms with E-state index in [0.29, 0.717) is 18.5 Å². The molecule has 4 unspecified atom stereocenters. The van der Waals surface area contributed by atoms with Gasteiger partial charge in [0.1, 0.15) is 24.2 Å². The molecule has 0 saturated carbocycles. The molecule has 0 aromatic rings. The van der Waals surface area contributed by atoms with E-state index in [1.807, 2.05) is 48.3 Å². The van der Waals surface area contributed by atoms with Crippen molar-refractivity contribution >= 4 is 24.6 Å². The Bertz CT molecular complexity index is 892. The highest BCUT2D eigenvalue weighted by Gasteiger charge is 2.31. The second-order valence-electron chi connectivity index (χ2n) is 14.4. The minimum absolute atomic E-state index is 0.0147. The van der Waals surface area contributed by atoms with E-state index in [-0.39, 0.29) is 55.1 Å². The minimum Gasteiger partial charge on any atom is -0.444 e. The number of hydrogen-bond acceptors (Lipinski definition) is 10. The van der Waals surface area contributed by atoms with E-state index in [9.17, 15) is 24.6 Å². The lowest BCUT2D eigenvalue weighted by Crippen LogP contribution is -2.54. The first-order valence-electron chi connectivity index (χ1n) is 17.4. The van der Waals surface area contributed by atoms with Crippen LogP contribution in [0.3, 0.4) is 0 Å². The van der Waals surface area contributed by atoms with Crippen LogP contribution in [0.15, 0.2) is 12.3 Å². The van der Waals surface area contributed by atoms with Gasteiger partial charge in [-0.2, -0.15) is 0 Å². The summed E-state index contributed by atoms with van der Waals surface area (Å²) in [5, 5.41) is 40.1. The largest absolute Gasteiger partial charge is 0.444 e. The van der Waals surface area contributed by atoms with Crippen LogP contribution >= 0.6 is 0 Å². The van der Waals surface area contributed by atoms with Crippen molar-refractivity contribution in [2.45, 2.75) is 151 Å². The fourth-order valence-electron chi connectivity index (χ4n) is 4.95. The standard InChI is InChI=1S/C34H66N4O6.CH4O.CH2O/c1-13-14-15-16-26(36-25(9)31(23(6)7)38-33(43)44-34(10,11)12)32(42)37-27(17-21(2)3)29(40)18-24(8)30(41)19-35-28(20-39)22(4)5;2*1-2/h21-24,26-29,31,35-36,39-40H,9,13-20H2,1-8,10-12H3,(H,37,42)(H,38,43);2H,1H3;1H2/t24?,26?,27-,28+,29?,31?;;/m0../s1. The van der Waals surface area contributed by atoms with E-state index in [1.54, 1.807) is 27.7 Å². The number of ketones is 1. The Labute approximate surface area is 291 Å². The van der Waals surface area contributed by atoms with Gasteiger partial charge in [0.25, 0.3) is 0 Å². The van der Waals surface area contributed by atoms with Crippen LogP contribution in [0.25, 0.3) is 0 Å². The van der Waals surface area contributed by atoms with Crippen LogP contribution in [-0.2, 0) is 19.1 Å². The monoisotopic (exact) mass is 689 g/mol. The van der Waals surface area contributed by atoms with Crippen molar-refractivity contribution in [3.63, 3.8) is 0 Å². The Balaban J connectivity index is -0.00000486. The number of ether oxygens (including phenoxy) is 1. The molecule has 6 atom stereocenters. The number of unbranched alkanes of at least 4 members (excludes halogenated alkanes) is 2. The van der Waals surface area contributed by atoms with E-state index in [1.165, 1.54) is 0 Å². The Kier molecular flexibility index (Phi) is 28.4. The summed E-state index contributed by atoms with van der Waals surface area (Å²) >= 11 is 0. The lowest BCUT2D eigenvalue weighted by Gasteiger charge is -2.32. The Morgan fingerprint density at radius 3 is 1.83 bits per heavy atom. The number of hydrogen-bond donors (Lipinski definition) is 7. The van der Waals surface area contributed by atoms with Gasteiger partial charge in [-0.1, -0.05) is 81.2 Å². The van der Waals surface area contributed by atoms with Gasteiger partial charge in [0.15, 0.2) is 0 Å². The molecule has 0 aromatic heterocycles. The molecule has 284 valence electrons. The van der Waals surface area contributed by atoms with E-state index < -0.39 is 41.8 Å². The molecule has 0 radical (unpaired) electrons. The highest BCUT2D eigenvalue weighted by Crippen LogP contribution is 2.18. The van der Waals surface area contributed by atoms with E-state index in [0.717, 1.165) is 26.4 Å². The second-order valence-corrected chi connectivity index (χ2v) is 14.4. The number of alkyl carbamates (subject to hydrolysis) is 1. The first-order chi connectivity index (χ1) is 22.3. The van der Waals surface area contributed by atoms with E-state index >= 15 is 0 Å². The van der Waals surface area contributed by atoms with Gasteiger partial charge in [-0.15, -0.1) is 0 Å². The van der Waals surface area contributed by atoms with Crippen molar-refractivity contribution in [2.24, 2.45) is 23.7 Å². The van der Waals surface area contributed by atoms with Crippen molar-refractivity contribution in [1.29, 1.82) is 0 Å². The summed E-state index contributed by atoms with van der Waals surface area (Å²) < 4.78 is 5.44. The predicted molar refractivity (Wildman–Crippen MR) is 193 cm³/mol. The van der Waals surface area contributed by atoms with Crippen molar-refractivity contribution < 1.29 is 39.2 Å². The second kappa shape index (κ2) is 27.3. The van der Waals surface area contributed by atoms with Crippen LogP contribution in [0.4, 0.5) is 4.79 Å². The van der Waals surface area contributed by atoms with E-state index in [4.69, 9.17) is 14.6 Å². The van der Waals surface area contributed by atoms with Gasteiger partial charge in [-0.3, -0.25) is 9.59 Å².